The van der Waals surface area contributed by atoms with Crippen LogP contribution in [-0.4, -0.2) is 26.0 Å². The third-order valence-electron chi connectivity index (χ3n) is 1.42. The molecular weight excluding hydrogens is 154 g/mol. The molecule has 0 aromatic heterocycles. The van der Waals surface area contributed by atoms with Gasteiger partial charge >= 0.3 is 0 Å². The van der Waals surface area contributed by atoms with Gasteiger partial charge in [-0.25, -0.2) is 0 Å². The van der Waals surface area contributed by atoms with Crippen LogP contribution in [0.3, 0.4) is 0 Å². The van der Waals surface area contributed by atoms with Gasteiger partial charge in [0, 0.05) is 19.6 Å². The van der Waals surface area contributed by atoms with Gasteiger partial charge in [0.2, 0.25) is 0 Å². The van der Waals surface area contributed by atoms with Gasteiger partial charge in [-0.2, -0.15) is 0 Å². The summed E-state index contributed by atoms with van der Waals surface area (Å²) in [7, 11) is 0. The van der Waals surface area contributed by atoms with Crippen molar-refractivity contribution in [2.24, 2.45) is 5.73 Å². The molecule has 0 spiro atoms. The first-order valence-electron chi connectivity index (χ1n) is 4.78. The molecule has 3 nitrogen and oxygen atoms in total. The van der Waals surface area contributed by atoms with Crippen LogP contribution in [0.2, 0.25) is 0 Å². The average Bonchev–Trinajstić information content (AvgIpc) is 2.10. The minimum atomic E-state index is -0.0881. The van der Waals surface area contributed by atoms with Crippen molar-refractivity contribution in [2.75, 3.05) is 19.8 Å². The summed E-state index contributed by atoms with van der Waals surface area (Å²) in [5.74, 6) is 0. The number of hydrogen-bond acceptors (Lipinski definition) is 3. The van der Waals surface area contributed by atoms with Crippen LogP contribution in [0.5, 0.6) is 0 Å². The summed E-state index contributed by atoms with van der Waals surface area (Å²) >= 11 is 0. The highest BCUT2D eigenvalue weighted by Crippen LogP contribution is 2.01. The van der Waals surface area contributed by atoms with Crippen LogP contribution in [0.15, 0.2) is 0 Å². The van der Waals surface area contributed by atoms with Crippen molar-refractivity contribution >= 4 is 0 Å². The Hall–Kier alpha value is -0.120. The van der Waals surface area contributed by atoms with E-state index in [0.29, 0.717) is 6.54 Å². The van der Waals surface area contributed by atoms with Gasteiger partial charge in [0.15, 0.2) is 6.29 Å². The number of hydrogen-bond donors (Lipinski definition) is 1. The molecule has 0 saturated heterocycles. The summed E-state index contributed by atoms with van der Waals surface area (Å²) in [6.45, 7) is 6.31. The predicted molar refractivity (Wildman–Crippen MR) is 49.9 cm³/mol. The van der Waals surface area contributed by atoms with Crippen molar-refractivity contribution in [3.8, 4) is 0 Å². The molecule has 12 heavy (non-hydrogen) atoms. The SMILES string of the molecule is CCCOC(CCN)OCCC. The minimum Gasteiger partial charge on any atom is -0.353 e. The van der Waals surface area contributed by atoms with Crippen LogP contribution in [0.4, 0.5) is 0 Å². The Bertz CT molecular complexity index is 80.6. The third kappa shape index (κ3) is 6.58. The average molecular weight is 175 g/mol. The number of nitrogens with two attached hydrogens (primary N) is 1. The molecule has 0 bridgehead atoms. The Morgan fingerprint density at radius 1 is 1.08 bits per heavy atom. The van der Waals surface area contributed by atoms with E-state index in [1.165, 1.54) is 0 Å². The molecule has 0 radical (unpaired) electrons. The standard InChI is InChI=1S/C9H21NO2/c1-3-7-11-9(5-6-10)12-8-4-2/h9H,3-8,10H2,1-2H3. The van der Waals surface area contributed by atoms with E-state index in [2.05, 4.69) is 13.8 Å². The predicted octanol–water partition coefficient (Wildman–Crippen LogP) is 1.51. The zero-order valence-corrected chi connectivity index (χ0v) is 8.21. The second kappa shape index (κ2) is 8.97. The van der Waals surface area contributed by atoms with E-state index in [9.17, 15) is 0 Å². The van der Waals surface area contributed by atoms with E-state index in [1.54, 1.807) is 0 Å². The second-order valence-electron chi connectivity index (χ2n) is 2.75. The van der Waals surface area contributed by atoms with Gasteiger partial charge in [-0.3, -0.25) is 0 Å². The van der Waals surface area contributed by atoms with Crippen LogP contribution in [0.25, 0.3) is 0 Å². The zero-order chi connectivity index (χ0) is 9.23. The first-order chi connectivity index (χ1) is 5.85. The summed E-state index contributed by atoms with van der Waals surface area (Å²) < 4.78 is 10.9. The third-order valence-corrected chi connectivity index (χ3v) is 1.42. The normalized spacial score (nSPS) is 11.0. The second-order valence-corrected chi connectivity index (χ2v) is 2.75. The lowest BCUT2D eigenvalue weighted by atomic mass is 10.4. The Balaban J connectivity index is 3.40. The summed E-state index contributed by atoms with van der Waals surface area (Å²) in [4.78, 5) is 0. The molecule has 3 heteroatoms. The van der Waals surface area contributed by atoms with E-state index in [1.807, 2.05) is 0 Å². The maximum absolute atomic E-state index is 5.43. The first kappa shape index (κ1) is 11.9. The molecule has 0 aliphatic rings. The number of ether oxygens (including phenoxy) is 2. The van der Waals surface area contributed by atoms with Crippen molar-refractivity contribution in [3.05, 3.63) is 0 Å². The van der Waals surface area contributed by atoms with E-state index < -0.39 is 0 Å². The Morgan fingerprint density at radius 3 is 1.92 bits per heavy atom. The molecule has 0 rings (SSSR count). The van der Waals surface area contributed by atoms with Gasteiger partial charge in [-0.15, -0.1) is 0 Å². The Kier molecular flexibility index (Phi) is 8.88. The summed E-state index contributed by atoms with van der Waals surface area (Å²) in [6, 6.07) is 0. The van der Waals surface area contributed by atoms with E-state index in [4.69, 9.17) is 15.2 Å². The highest BCUT2D eigenvalue weighted by molar-refractivity contribution is 4.46. The molecule has 0 aromatic carbocycles. The van der Waals surface area contributed by atoms with Crippen molar-refractivity contribution < 1.29 is 9.47 Å². The lowest BCUT2D eigenvalue weighted by Gasteiger charge is -2.16. The Labute approximate surface area is 75.2 Å². The molecule has 0 heterocycles. The maximum Gasteiger partial charge on any atom is 0.158 e. The van der Waals surface area contributed by atoms with Crippen LogP contribution in [0, 0.1) is 0 Å². The van der Waals surface area contributed by atoms with Crippen molar-refractivity contribution in [2.45, 2.75) is 39.4 Å². The van der Waals surface area contributed by atoms with Crippen LogP contribution < -0.4 is 5.73 Å². The fraction of sp³-hybridized carbons (Fsp3) is 1.00. The van der Waals surface area contributed by atoms with Crippen molar-refractivity contribution in [3.63, 3.8) is 0 Å². The lowest BCUT2D eigenvalue weighted by Crippen LogP contribution is -2.22. The van der Waals surface area contributed by atoms with Crippen LogP contribution in [0.1, 0.15) is 33.1 Å². The quantitative estimate of drug-likeness (QED) is 0.569. The molecule has 0 aliphatic carbocycles. The zero-order valence-electron chi connectivity index (χ0n) is 8.21. The van der Waals surface area contributed by atoms with Crippen LogP contribution >= 0.6 is 0 Å². The van der Waals surface area contributed by atoms with E-state index in [-0.39, 0.29) is 6.29 Å². The molecule has 0 atom stereocenters. The molecule has 0 saturated carbocycles. The Morgan fingerprint density at radius 2 is 1.58 bits per heavy atom. The molecule has 0 amide bonds. The molecule has 0 unspecified atom stereocenters. The smallest absolute Gasteiger partial charge is 0.158 e. The van der Waals surface area contributed by atoms with Gasteiger partial charge in [0.1, 0.15) is 0 Å². The monoisotopic (exact) mass is 175 g/mol. The summed E-state index contributed by atoms with van der Waals surface area (Å²) in [5.41, 5.74) is 5.41. The van der Waals surface area contributed by atoms with E-state index >= 15 is 0 Å². The maximum atomic E-state index is 5.43. The number of rotatable bonds is 8. The topological polar surface area (TPSA) is 44.5 Å². The van der Waals surface area contributed by atoms with Gasteiger partial charge in [0.25, 0.3) is 0 Å². The van der Waals surface area contributed by atoms with Gasteiger partial charge in [0.05, 0.1) is 0 Å². The molecule has 2 N–H and O–H groups in total. The fourth-order valence-corrected chi connectivity index (χ4v) is 0.849. The highest BCUT2D eigenvalue weighted by atomic mass is 16.7. The fourth-order valence-electron chi connectivity index (χ4n) is 0.849. The summed E-state index contributed by atoms with van der Waals surface area (Å²) in [6.07, 6.45) is 2.75. The van der Waals surface area contributed by atoms with Gasteiger partial charge in [-0.1, -0.05) is 13.8 Å². The van der Waals surface area contributed by atoms with Gasteiger partial charge in [-0.05, 0) is 19.4 Å². The van der Waals surface area contributed by atoms with Gasteiger partial charge < -0.3 is 15.2 Å². The molecule has 0 aliphatic heterocycles. The largest absolute Gasteiger partial charge is 0.353 e. The molecule has 0 aromatic rings. The lowest BCUT2D eigenvalue weighted by molar-refractivity contribution is -0.144. The van der Waals surface area contributed by atoms with Crippen molar-refractivity contribution in [1.29, 1.82) is 0 Å². The van der Waals surface area contributed by atoms with Crippen molar-refractivity contribution in [1.82, 2.24) is 0 Å². The molecule has 0 fully saturated rings. The first-order valence-corrected chi connectivity index (χ1v) is 4.78. The van der Waals surface area contributed by atoms with Crippen LogP contribution in [-0.2, 0) is 9.47 Å². The minimum absolute atomic E-state index is 0.0881. The molecular formula is C9H21NO2. The summed E-state index contributed by atoms with van der Waals surface area (Å²) in [5, 5.41) is 0. The molecule has 74 valence electrons. The highest BCUT2D eigenvalue weighted by Gasteiger charge is 2.06. The van der Waals surface area contributed by atoms with E-state index in [0.717, 1.165) is 32.5 Å².